The first kappa shape index (κ1) is 21.8. The second kappa shape index (κ2) is 7.31. The van der Waals surface area contributed by atoms with Crippen LogP contribution in [-0.2, 0) is 10.3 Å². The van der Waals surface area contributed by atoms with Crippen LogP contribution in [-0.4, -0.2) is 57.3 Å². The number of hydrogen-bond donors (Lipinski definition) is 2. The maximum atomic E-state index is 10.9. The Morgan fingerprint density at radius 1 is 1.17 bits per heavy atom. The zero-order chi connectivity index (χ0) is 24.0. The summed E-state index contributed by atoms with van der Waals surface area (Å²) in [5, 5.41) is 20.4. The van der Waals surface area contributed by atoms with Crippen molar-refractivity contribution < 1.29 is 9.84 Å². The topological polar surface area (TPSA) is 88.3 Å². The molecule has 9 heteroatoms. The molecule has 2 aromatic heterocycles. The van der Waals surface area contributed by atoms with Gasteiger partial charge in [0.05, 0.1) is 45.9 Å². The van der Waals surface area contributed by atoms with E-state index >= 15 is 0 Å². The molecule has 0 amide bonds. The minimum Gasteiger partial charge on any atom is -0.389 e. The molecule has 3 atom stereocenters. The van der Waals surface area contributed by atoms with Crippen LogP contribution in [0, 0.1) is 17.3 Å². The van der Waals surface area contributed by atoms with Crippen molar-refractivity contribution in [3.05, 3.63) is 35.7 Å². The fraction of sp³-hybridized carbons (Fsp3) is 0.577. The van der Waals surface area contributed by atoms with Crippen molar-refractivity contribution in [2.75, 3.05) is 37.0 Å². The molecule has 5 fully saturated rings. The van der Waals surface area contributed by atoms with Gasteiger partial charge < -0.3 is 20.1 Å². The lowest BCUT2D eigenvalue weighted by Crippen LogP contribution is -2.69. The Kier molecular flexibility index (Phi) is 4.56. The average Bonchev–Trinajstić information content (AvgIpc) is 3.23. The molecule has 0 radical (unpaired) electrons. The summed E-state index contributed by atoms with van der Waals surface area (Å²) in [6.45, 7) is 4.47. The van der Waals surface area contributed by atoms with Gasteiger partial charge in [0.2, 0.25) is 5.95 Å². The van der Waals surface area contributed by atoms with Crippen LogP contribution >= 0.6 is 11.6 Å². The maximum absolute atomic E-state index is 10.9. The van der Waals surface area contributed by atoms with Crippen LogP contribution < -0.4 is 10.2 Å². The van der Waals surface area contributed by atoms with E-state index in [1.165, 1.54) is 0 Å². The van der Waals surface area contributed by atoms with Crippen LogP contribution in [0.3, 0.4) is 0 Å². The Labute approximate surface area is 209 Å². The summed E-state index contributed by atoms with van der Waals surface area (Å²) >= 11 is 6.70. The van der Waals surface area contributed by atoms with Gasteiger partial charge in [0, 0.05) is 55.2 Å². The third-order valence-electron chi connectivity index (χ3n) is 9.27. The summed E-state index contributed by atoms with van der Waals surface area (Å²) in [6, 6.07) is 4.01. The van der Waals surface area contributed by atoms with Gasteiger partial charge in [-0.15, -0.1) is 0 Å². The van der Waals surface area contributed by atoms with Crippen LogP contribution in [0.4, 0.5) is 17.3 Å². The zero-order valence-electron chi connectivity index (χ0n) is 20.2. The monoisotopic (exact) mass is 494 g/mol. The van der Waals surface area contributed by atoms with Crippen LogP contribution in [0.1, 0.15) is 39.0 Å². The summed E-state index contributed by atoms with van der Waals surface area (Å²) in [7, 11) is 1.78. The number of anilines is 3. The Morgan fingerprint density at radius 3 is 2.63 bits per heavy atom. The Balaban J connectivity index is 1.11. The van der Waals surface area contributed by atoms with Gasteiger partial charge in [-0.2, -0.15) is 5.10 Å². The Morgan fingerprint density at radius 2 is 1.91 bits per heavy atom. The van der Waals surface area contributed by atoms with E-state index in [0.29, 0.717) is 16.4 Å². The molecule has 1 unspecified atom stereocenters. The number of halogens is 1. The van der Waals surface area contributed by atoms with E-state index in [0.717, 1.165) is 74.1 Å². The molecule has 0 spiro atoms. The highest BCUT2D eigenvalue weighted by Gasteiger charge is 2.69. The van der Waals surface area contributed by atoms with E-state index in [4.69, 9.17) is 21.3 Å². The van der Waals surface area contributed by atoms with Crippen molar-refractivity contribution in [1.82, 2.24) is 19.7 Å². The van der Waals surface area contributed by atoms with Gasteiger partial charge in [-0.05, 0) is 51.2 Å². The molecule has 1 aliphatic heterocycles. The number of benzene rings is 1. The average molecular weight is 495 g/mol. The second-order valence-electron chi connectivity index (χ2n) is 11.6. The lowest BCUT2D eigenvalue weighted by molar-refractivity contribution is -0.217. The molecule has 4 bridgehead atoms. The van der Waals surface area contributed by atoms with Crippen LogP contribution in [0.5, 0.6) is 0 Å². The van der Waals surface area contributed by atoms with Gasteiger partial charge in [0.15, 0.2) is 0 Å². The van der Waals surface area contributed by atoms with Crippen molar-refractivity contribution in [2.24, 2.45) is 17.3 Å². The van der Waals surface area contributed by atoms with Gasteiger partial charge in [0.25, 0.3) is 0 Å². The van der Waals surface area contributed by atoms with Crippen molar-refractivity contribution in [1.29, 1.82) is 0 Å². The normalized spacial score (nSPS) is 35.1. The number of aromatic nitrogens is 4. The molecule has 3 aromatic rings. The van der Waals surface area contributed by atoms with Gasteiger partial charge in [-0.3, -0.25) is 4.68 Å². The summed E-state index contributed by atoms with van der Waals surface area (Å²) < 4.78 is 7.49. The molecule has 4 saturated carbocycles. The number of nitrogens with zero attached hydrogens (tertiary/aromatic N) is 5. The number of hydrogen-bond acceptors (Lipinski definition) is 7. The summed E-state index contributed by atoms with van der Waals surface area (Å²) in [4.78, 5) is 11.6. The number of rotatable bonds is 6. The lowest BCUT2D eigenvalue weighted by atomic mass is 9.39. The van der Waals surface area contributed by atoms with Crippen LogP contribution in [0.2, 0.25) is 5.02 Å². The van der Waals surface area contributed by atoms with Crippen molar-refractivity contribution >= 4 is 39.8 Å². The van der Waals surface area contributed by atoms with Crippen molar-refractivity contribution in [2.45, 2.75) is 50.2 Å². The maximum Gasteiger partial charge on any atom is 0.227 e. The number of fused-ring (bicyclic) bond motifs is 3. The Hall–Kier alpha value is -2.42. The molecule has 8 rings (SSSR count). The molecule has 35 heavy (non-hydrogen) atoms. The molecule has 2 N–H and O–H groups in total. The molecule has 184 valence electrons. The van der Waals surface area contributed by atoms with E-state index in [9.17, 15) is 5.11 Å². The first-order chi connectivity index (χ1) is 16.8. The van der Waals surface area contributed by atoms with E-state index in [1.54, 1.807) is 7.11 Å². The standard InChI is InChI=1S/C26H31ClN6O2/c1-24(34)17-3-4-18(24)10-32(9-17)22-6-21-16(5-20(22)27)7-28-23(31-21)30-19-8-29-33(11-19)26-12-25(13-26,14-26)15-35-2/h5-8,11,17-18,34H,3-4,9-10,12-15H2,1-2H3,(H,28,30,31)/t17-,18+,24?,25?,26?. The summed E-state index contributed by atoms with van der Waals surface area (Å²) in [6.07, 6.45) is 11.3. The molecule has 5 aliphatic rings. The summed E-state index contributed by atoms with van der Waals surface area (Å²) in [5.41, 5.74) is 2.68. The second-order valence-corrected chi connectivity index (χ2v) is 12.1. The number of aliphatic hydroxyl groups is 1. The molecule has 1 aromatic carbocycles. The number of piperidine rings is 1. The minimum absolute atomic E-state index is 0.160. The highest BCUT2D eigenvalue weighted by atomic mass is 35.5. The fourth-order valence-electron chi connectivity index (χ4n) is 7.44. The van der Waals surface area contributed by atoms with E-state index < -0.39 is 5.60 Å². The molecule has 1 saturated heterocycles. The van der Waals surface area contributed by atoms with E-state index in [-0.39, 0.29) is 17.4 Å². The van der Waals surface area contributed by atoms with Gasteiger partial charge >= 0.3 is 0 Å². The lowest BCUT2D eigenvalue weighted by Gasteiger charge is -2.70. The highest BCUT2D eigenvalue weighted by Crippen LogP contribution is 2.71. The fourth-order valence-corrected chi connectivity index (χ4v) is 7.73. The molecular weight excluding hydrogens is 464 g/mol. The van der Waals surface area contributed by atoms with Gasteiger partial charge in [-0.1, -0.05) is 11.6 Å². The van der Waals surface area contributed by atoms with E-state index in [1.807, 2.05) is 25.4 Å². The van der Waals surface area contributed by atoms with Crippen LogP contribution in [0.15, 0.2) is 30.7 Å². The van der Waals surface area contributed by atoms with Crippen molar-refractivity contribution in [3.8, 4) is 0 Å². The van der Waals surface area contributed by atoms with Crippen molar-refractivity contribution in [3.63, 3.8) is 0 Å². The van der Waals surface area contributed by atoms with E-state index in [2.05, 4.69) is 37.2 Å². The minimum atomic E-state index is -0.576. The highest BCUT2D eigenvalue weighted by molar-refractivity contribution is 6.34. The third-order valence-corrected chi connectivity index (χ3v) is 9.58. The zero-order valence-corrected chi connectivity index (χ0v) is 20.9. The quantitative estimate of drug-likeness (QED) is 0.526. The Bertz CT molecular complexity index is 1290. The predicted octanol–water partition coefficient (Wildman–Crippen LogP) is 4.35. The number of ether oxygens (including phenoxy) is 1. The number of methoxy groups -OCH3 is 1. The molecule has 8 nitrogen and oxygen atoms in total. The van der Waals surface area contributed by atoms with Gasteiger partial charge in [-0.25, -0.2) is 9.97 Å². The number of nitrogens with one attached hydrogen (secondary N) is 1. The molecule has 3 heterocycles. The first-order valence-electron chi connectivity index (χ1n) is 12.5. The first-order valence-corrected chi connectivity index (χ1v) is 12.9. The molecule has 4 aliphatic carbocycles. The SMILES string of the molecule is COCC12CC(n3cc(Nc4ncc5cc(Cl)c(N6C[C@H]7CC[C@@H](C6)C7(C)O)cc5n4)cn3)(C1)C2. The smallest absolute Gasteiger partial charge is 0.227 e. The third kappa shape index (κ3) is 3.22. The van der Waals surface area contributed by atoms with Gasteiger partial charge in [0.1, 0.15) is 0 Å². The van der Waals surface area contributed by atoms with Crippen LogP contribution in [0.25, 0.3) is 10.9 Å². The summed E-state index contributed by atoms with van der Waals surface area (Å²) in [5.74, 6) is 1.09. The molecular formula is C26H31ClN6O2. The largest absolute Gasteiger partial charge is 0.389 e. The predicted molar refractivity (Wildman–Crippen MR) is 135 cm³/mol.